The quantitative estimate of drug-likeness (QED) is 0.250. The first-order valence-corrected chi connectivity index (χ1v) is 10.1. The van der Waals surface area contributed by atoms with Gasteiger partial charge in [0.2, 0.25) is 5.62 Å². The lowest BCUT2D eigenvalue weighted by Gasteiger charge is -2.21. The first kappa shape index (κ1) is 20.7. The third-order valence-corrected chi connectivity index (χ3v) is 5.26. The van der Waals surface area contributed by atoms with Crippen LogP contribution in [0.5, 0.6) is 0 Å². The summed E-state index contributed by atoms with van der Waals surface area (Å²) < 4.78 is 1.38. The van der Waals surface area contributed by atoms with Crippen molar-refractivity contribution < 1.29 is 0 Å². The predicted octanol–water partition coefficient (Wildman–Crippen LogP) is 5.45. The molecule has 0 aliphatic carbocycles. The summed E-state index contributed by atoms with van der Waals surface area (Å²) in [5, 5.41) is 17.9. The minimum atomic E-state index is -0.0506. The van der Waals surface area contributed by atoms with Gasteiger partial charge >= 0.3 is 0 Å². The molecule has 7 heteroatoms. The highest BCUT2D eigenvalue weighted by Crippen LogP contribution is 2.29. The van der Waals surface area contributed by atoms with Crippen LogP contribution in [0.15, 0.2) is 66.7 Å². The van der Waals surface area contributed by atoms with Crippen molar-refractivity contribution in [1.29, 1.82) is 10.8 Å². The van der Waals surface area contributed by atoms with Gasteiger partial charge in [-0.2, -0.15) is 4.98 Å². The molecule has 0 aliphatic heterocycles. The third kappa shape index (κ3) is 4.31. The second-order valence-corrected chi connectivity index (χ2v) is 7.66. The number of anilines is 2. The van der Waals surface area contributed by atoms with Gasteiger partial charge in [0.05, 0.1) is 11.9 Å². The highest BCUT2D eigenvalue weighted by atomic mass is 35.5. The summed E-state index contributed by atoms with van der Waals surface area (Å²) in [5.41, 5.74) is 3.20. The number of rotatable bonds is 3. The number of benzene rings is 3. The standard InChI is InChI=1S/C24H17Cl2N5/c1-30(23-21-12-11-19(26)14-22(21)31(15-27)24(28)29-23)20-4-2-3-17(13-20)6-5-16-7-9-18(25)10-8-16/h2-4,7-15,27-28H,1H3. The maximum Gasteiger partial charge on any atom is 0.229 e. The van der Waals surface area contributed by atoms with E-state index < -0.39 is 0 Å². The fourth-order valence-corrected chi connectivity index (χ4v) is 3.49. The maximum absolute atomic E-state index is 8.24. The Morgan fingerprint density at radius 3 is 2.39 bits per heavy atom. The normalized spacial score (nSPS) is 10.4. The lowest BCUT2D eigenvalue weighted by molar-refractivity contribution is 0.915. The van der Waals surface area contributed by atoms with Gasteiger partial charge in [-0.1, -0.05) is 41.1 Å². The van der Waals surface area contributed by atoms with Crippen LogP contribution in [0.4, 0.5) is 11.5 Å². The van der Waals surface area contributed by atoms with Crippen molar-refractivity contribution >= 4 is 51.9 Å². The zero-order chi connectivity index (χ0) is 22.0. The lowest BCUT2D eigenvalue weighted by atomic mass is 10.1. The number of halogens is 2. The van der Waals surface area contributed by atoms with E-state index in [1.807, 2.05) is 66.5 Å². The molecular weight excluding hydrogens is 429 g/mol. The predicted molar refractivity (Wildman–Crippen MR) is 127 cm³/mol. The summed E-state index contributed by atoms with van der Waals surface area (Å²) in [6, 6.07) is 20.5. The van der Waals surface area contributed by atoms with E-state index in [1.165, 1.54) is 4.57 Å². The third-order valence-electron chi connectivity index (χ3n) is 4.78. The SMILES string of the molecule is CN(c1cccc(C#Cc2ccc(Cl)cc2)c1)c1nc(=N)n(C=N)c2cc(Cl)ccc12. The van der Waals surface area contributed by atoms with Gasteiger partial charge in [-0.15, -0.1) is 0 Å². The molecule has 0 radical (unpaired) electrons. The Morgan fingerprint density at radius 2 is 1.65 bits per heavy atom. The Balaban J connectivity index is 1.76. The van der Waals surface area contributed by atoms with E-state index >= 15 is 0 Å². The van der Waals surface area contributed by atoms with Gasteiger partial charge in [0, 0.05) is 39.3 Å². The molecule has 4 aromatic rings. The molecule has 3 aromatic carbocycles. The van der Waals surface area contributed by atoms with Gasteiger partial charge in [-0.05, 0) is 60.7 Å². The molecule has 0 saturated heterocycles. The molecule has 31 heavy (non-hydrogen) atoms. The number of aromatic nitrogens is 2. The lowest BCUT2D eigenvalue weighted by Crippen LogP contribution is -2.26. The van der Waals surface area contributed by atoms with Crippen LogP contribution >= 0.6 is 23.2 Å². The van der Waals surface area contributed by atoms with Crippen LogP contribution in [0.1, 0.15) is 11.1 Å². The van der Waals surface area contributed by atoms with Crippen LogP contribution in [0, 0.1) is 22.7 Å². The molecule has 1 heterocycles. The van der Waals surface area contributed by atoms with Crippen LogP contribution in [0.3, 0.4) is 0 Å². The van der Waals surface area contributed by atoms with Gasteiger partial charge in [0.15, 0.2) is 0 Å². The van der Waals surface area contributed by atoms with Gasteiger partial charge in [-0.3, -0.25) is 15.4 Å². The molecule has 0 fully saturated rings. The Bertz CT molecular complexity index is 1410. The van der Waals surface area contributed by atoms with Crippen LogP contribution in [0.2, 0.25) is 10.0 Å². The average molecular weight is 446 g/mol. The molecule has 0 unspecified atom stereocenters. The average Bonchev–Trinajstić information content (AvgIpc) is 2.78. The van der Waals surface area contributed by atoms with Crippen molar-refractivity contribution in [2.75, 3.05) is 11.9 Å². The van der Waals surface area contributed by atoms with Crippen molar-refractivity contribution in [3.63, 3.8) is 0 Å². The van der Waals surface area contributed by atoms with E-state index in [-0.39, 0.29) is 5.62 Å². The molecule has 0 spiro atoms. The molecule has 0 saturated carbocycles. The van der Waals surface area contributed by atoms with Crippen molar-refractivity contribution in [3.8, 4) is 11.8 Å². The molecular formula is C24H17Cl2N5. The van der Waals surface area contributed by atoms with Gasteiger partial charge in [-0.25, -0.2) is 0 Å². The number of hydrogen-bond acceptors (Lipinski definition) is 4. The summed E-state index contributed by atoms with van der Waals surface area (Å²) in [6.45, 7) is 0. The number of nitrogens with one attached hydrogen (secondary N) is 2. The molecule has 0 amide bonds. The van der Waals surface area contributed by atoms with E-state index in [2.05, 4.69) is 16.8 Å². The van der Waals surface area contributed by atoms with Gasteiger partial charge in [0.1, 0.15) is 5.82 Å². The molecule has 1 aromatic heterocycles. The van der Waals surface area contributed by atoms with Crippen molar-refractivity contribution in [3.05, 3.63) is 93.5 Å². The van der Waals surface area contributed by atoms with E-state index in [1.54, 1.807) is 12.1 Å². The Morgan fingerprint density at radius 1 is 0.935 bits per heavy atom. The fraction of sp³-hybridized carbons (Fsp3) is 0.0417. The number of hydrogen-bond donors (Lipinski definition) is 2. The number of fused-ring (bicyclic) bond motifs is 1. The van der Waals surface area contributed by atoms with Crippen molar-refractivity contribution in [2.45, 2.75) is 0 Å². The number of nitrogens with zero attached hydrogens (tertiary/aromatic N) is 3. The Kier molecular flexibility index (Phi) is 5.77. The minimum absolute atomic E-state index is 0.0506. The van der Waals surface area contributed by atoms with E-state index in [0.29, 0.717) is 21.4 Å². The van der Waals surface area contributed by atoms with Crippen LogP contribution in [-0.4, -0.2) is 22.9 Å². The zero-order valence-corrected chi connectivity index (χ0v) is 18.0. The maximum atomic E-state index is 8.24. The van der Waals surface area contributed by atoms with Crippen LogP contribution in [0.25, 0.3) is 10.9 Å². The summed E-state index contributed by atoms with van der Waals surface area (Å²) in [4.78, 5) is 6.32. The second-order valence-electron chi connectivity index (χ2n) is 6.79. The first-order chi connectivity index (χ1) is 15.0. The molecule has 0 bridgehead atoms. The Hall–Kier alpha value is -3.59. The minimum Gasteiger partial charge on any atom is -0.329 e. The van der Waals surface area contributed by atoms with E-state index in [0.717, 1.165) is 28.5 Å². The summed E-state index contributed by atoms with van der Waals surface area (Å²) in [7, 11) is 1.89. The van der Waals surface area contributed by atoms with Crippen LogP contribution in [-0.2, 0) is 0 Å². The first-order valence-electron chi connectivity index (χ1n) is 9.34. The largest absolute Gasteiger partial charge is 0.329 e. The molecule has 0 aliphatic rings. The highest BCUT2D eigenvalue weighted by Gasteiger charge is 2.14. The highest BCUT2D eigenvalue weighted by molar-refractivity contribution is 6.31. The molecule has 152 valence electrons. The monoisotopic (exact) mass is 445 g/mol. The molecule has 0 atom stereocenters. The topological polar surface area (TPSA) is 68.8 Å². The van der Waals surface area contributed by atoms with Crippen molar-refractivity contribution in [1.82, 2.24) is 9.55 Å². The summed E-state index contributed by atoms with van der Waals surface area (Å²) in [5.74, 6) is 6.91. The van der Waals surface area contributed by atoms with Gasteiger partial charge in [0.25, 0.3) is 0 Å². The fourth-order valence-electron chi connectivity index (χ4n) is 3.20. The summed E-state index contributed by atoms with van der Waals surface area (Å²) >= 11 is 12.1. The zero-order valence-electron chi connectivity index (χ0n) is 16.5. The molecule has 4 rings (SSSR count). The Labute approximate surface area is 189 Å². The van der Waals surface area contributed by atoms with Crippen molar-refractivity contribution in [2.24, 2.45) is 0 Å². The molecule has 5 nitrogen and oxygen atoms in total. The van der Waals surface area contributed by atoms with Gasteiger partial charge < -0.3 is 4.90 Å². The van der Waals surface area contributed by atoms with E-state index in [9.17, 15) is 0 Å². The van der Waals surface area contributed by atoms with E-state index in [4.69, 9.17) is 34.0 Å². The second kappa shape index (κ2) is 8.65. The smallest absolute Gasteiger partial charge is 0.229 e. The van der Waals surface area contributed by atoms with Crippen LogP contribution < -0.4 is 10.5 Å². The molecule has 2 N–H and O–H groups in total. The summed E-state index contributed by atoms with van der Waals surface area (Å²) in [6.07, 6.45) is 1.06.